The molecule has 0 saturated carbocycles. The molecular formula is C17H31N3S. The summed E-state index contributed by atoms with van der Waals surface area (Å²) in [6.07, 6.45) is 9.35. The molecule has 0 spiro atoms. The van der Waals surface area contributed by atoms with Crippen LogP contribution < -0.4 is 5.32 Å². The van der Waals surface area contributed by atoms with Gasteiger partial charge in [-0.05, 0) is 51.7 Å². The maximum Gasteiger partial charge on any atom is 0.0941 e. The zero-order valence-corrected chi connectivity index (χ0v) is 14.7. The van der Waals surface area contributed by atoms with Crippen molar-refractivity contribution in [2.45, 2.75) is 70.9 Å². The lowest BCUT2D eigenvalue weighted by atomic mass is 9.81. The van der Waals surface area contributed by atoms with Gasteiger partial charge in [0, 0.05) is 29.6 Å². The average Bonchev–Trinajstić information content (AvgIpc) is 3.20. The Morgan fingerprint density at radius 1 is 1.29 bits per heavy atom. The molecule has 0 aliphatic carbocycles. The molecule has 1 N–H and O–H groups in total. The lowest BCUT2D eigenvalue weighted by molar-refractivity contribution is 0.0620. The Morgan fingerprint density at radius 3 is 2.52 bits per heavy atom. The summed E-state index contributed by atoms with van der Waals surface area (Å²) in [6, 6.07) is 0.511. The van der Waals surface area contributed by atoms with Crippen molar-refractivity contribution in [3.8, 4) is 0 Å². The predicted octanol–water partition coefficient (Wildman–Crippen LogP) is 3.71. The van der Waals surface area contributed by atoms with E-state index in [1.807, 2.05) is 6.20 Å². The molecule has 0 radical (unpaired) electrons. The summed E-state index contributed by atoms with van der Waals surface area (Å²) in [7, 11) is 0. The summed E-state index contributed by atoms with van der Waals surface area (Å²) in [5.41, 5.74) is 0.289. The second kappa shape index (κ2) is 8.25. The third-order valence-electron chi connectivity index (χ3n) is 5.11. The molecule has 1 saturated heterocycles. The Kier molecular flexibility index (Phi) is 6.65. The molecular weight excluding hydrogens is 278 g/mol. The van der Waals surface area contributed by atoms with Crippen molar-refractivity contribution in [1.29, 1.82) is 0 Å². The van der Waals surface area contributed by atoms with E-state index in [9.17, 15) is 0 Å². The molecule has 1 aliphatic heterocycles. The van der Waals surface area contributed by atoms with Crippen LogP contribution in [0.3, 0.4) is 0 Å². The van der Waals surface area contributed by atoms with Crippen LogP contribution >= 0.6 is 11.3 Å². The Bertz CT molecular complexity index is 381. The minimum Gasteiger partial charge on any atom is -0.312 e. The van der Waals surface area contributed by atoms with Crippen LogP contribution in [0.25, 0.3) is 0 Å². The highest BCUT2D eigenvalue weighted by molar-refractivity contribution is 7.09. The van der Waals surface area contributed by atoms with E-state index in [0.29, 0.717) is 6.04 Å². The van der Waals surface area contributed by atoms with Crippen LogP contribution in [0.1, 0.15) is 57.9 Å². The Labute approximate surface area is 134 Å². The second-order valence-electron chi connectivity index (χ2n) is 6.14. The lowest BCUT2D eigenvalue weighted by Gasteiger charge is -2.47. The fourth-order valence-corrected chi connectivity index (χ4v) is 4.54. The van der Waals surface area contributed by atoms with Gasteiger partial charge in [0.05, 0.1) is 5.01 Å². The summed E-state index contributed by atoms with van der Waals surface area (Å²) < 4.78 is 0. The molecule has 2 rings (SSSR count). The van der Waals surface area contributed by atoms with Gasteiger partial charge in [-0.1, -0.05) is 20.8 Å². The number of nitrogens with one attached hydrogen (secondary N) is 1. The molecule has 0 bridgehead atoms. The molecule has 3 nitrogen and oxygen atoms in total. The van der Waals surface area contributed by atoms with E-state index in [1.54, 1.807) is 11.3 Å². The molecule has 1 aliphatic rings. The fraction of sp³-hybridized carbons (Fsp3) is 0.824. The van der Waals surface area contributed by atoms with E-state index in [-0.39, 0.29) is 5.54 Å². The first-order valence-electron chi connectivity index (χ1n) is 8.63. The van der Waals surface area contributed by atoms with Crippen LogP contribution in [0, 0.1) is 0 Å². The molecule has 21 heavy (non-hydrogen) atoms. The number of aromatic nitrogens is 1. The molecule has 1 aromatic heterocycles. The lowest BCUT2D eigenvalue weighted by Crippen LogP contribution is -2.61. The maximum absolute atomic E-state index is 4.53. The SMILES string of the molecule is CCCNC(Cc1nccs1)C(CC)(CC)N1CCCC1. The number of nitrogens with zero attached hydrogens (tertiary/aromatic N) is 2. The van der Waals surface area contributed by atoms with Crippen molar-refractivity contribution >= 4 is 11.3 Å². The van der Waals surface area contributed by atoms with Crippen LogP contribution in [0.5, 0.6) is 0 Å². The first-order chi connectivity index (χ1) is 10.3. The quantitative estimate of drug-likeness (QED) is 0.754. The van der Waals surface area contributed by atoms with E-state index < -0.39 is 0 Å². The third kappa shape index (κ3) is 3.85. The molecule has 0 amide bonds. The first-order valence-corrected chi connectivity index (χ1v) is 9.51. The van der Waals surface area contributed by atoms with Gasteiger partial charge in [-0.15, -0.1) is 11.3 Å². The number of thiazole rings is 1. The van der Waals surface area contributed by atoms with E-state index in [4.69, 9.17) is 0 Å². The molecule has 0 aromatic carbocycles. The van der Waals surface area contributed by atoms with Crippen molar-refractivity contribution in [3.05, 3.63) is 16.6 Å². The zero-order chi connectivity index (χ0) is 15.1. The minimum atomic E-state index is 0.289. The Hall–Kier alpha value is -0.450. The minimum absolute atomic E-state index is 0.289. The van der Waals surface area contributed by atoms with Gasteiger partial charge in [0.15, 0.2) is 0 Å². The fourth-order valence-electron chi connectivity index (χ4n) is 3.87. The molecule has 4 heteroatoms. The smallest absolute Gasteiger partial charge is 0.0941 e. The number of rotatable bonds is 9. The number of hydrogen-bond acceptors (Lipinski definition) is 4. The molecule has 1 unspecified atom stereocenters. The molecule has 1 atom stereocenters. The Morgan fingerprint density at radius 2 is 2.00 bits per heavy atom. The van der Waals surface area contributed by atoms with Gasteiger partial charge in [0.2, 0.25) is 0 Å². The highest BCUT2D eigenvalue weighted by Crippen LogP contribution is 2.33. The number of hydrogen-bond donors (Lipinski definition) is 1. The van der Waals surface area contributed by atoms with Crippen molar-refractivity contribution < 1.29 is 0 Å². The maximum atomic E-state index is 4.53. The van der Waals surface area contributed by atoms with Crippen LogP contribution in [-0.4, -0.2) is 41.1 Å². The van der Waals surface area contributed by atoms with Gasteiger partial charge >= 0.3 is 0 Å². The van der Waals surface area contributed by atoms with Gasteiger partial charge in [-0.3, -0.25) is 4.90 Å². The zero-order valence-electron chi connectivity index (χ0n) is 13.9. The van der Waals surface area contributed by atoms with Gasteiger partial charge in [-0.25, -0.2) is 4.98 Å². The Balaban J connectivity index is 2.20. The molecule has 1 aromatic rings. The van der Waals surface area contributed by atoms with Gasteiger partial charge in [0.25, 0.3) is 0 Å². The van der Waals surface area contributed by atoms with E-state index in [2.05, 4.69) is 41.4 Å². The average molecular weight is 310 g/mol. The topological polar surface area (TPSA) is 28.2 Å². The third-order valence-corrected chi connectivity index (χ3v) is 5.91. The van der Waals surface area contributed by atoms with Crippen LogP contribution in [0.4, 0.5) is 0 Å². The standard InChI is InChI=1S/C17H31N3S/c1-4-9-18-15(14-16-19-10-13-21-16)17(5-2,6-3)20-11-7-8-12-20/h10,13,15,18H,4-9,11-12,14H2,1-3H3. The van der Waals surface area contributed by atoms with Crippen molar-refractivity contribution in [2.75, 3.05) is 19.6 Å². The van der Waals surface area contributed by atoms with Crippen LogP contribution in [0.15, 0.2) is 11.6 Å². The molecule has 120 valence electrons. The van der Waals surface area contributed by atoms with Crippen molar-refractivity contribution in [2.24, 2.45) is 0 Å². The van der Waals surface area contributed by atoms with E-state index in [1.165, 1.54) is 50.2 Å². The van der Waals surface area contributed by atoms with E-state index in [0.717, 1.165) is 13.0 Å². The largest absolute Gasteiger partial charge is 0.312 e. The van der Waals surface area contributed by atoms with Crippen molar-refractivity contribution in [1.82, 2.24) is 15.2 Å². The summed E-state index contributed by atoms with van der Waals surface area (Å²) in [5, 5.41) is 7.22. The summed E-state index contributed by atoms with van der Waals surface area (Å²) in [4.78, 5) is 7.29. The highest BCUT2D eigenvalue weighted by atomic mass is 32.1. The van der Waals surface area contributed by atoms with Gasteiger partial charge < -0.3 is 5.32 Å². The van der Waals surface area contributed by atoms with Gasteiger partial charge in [0.1, 0.15) is 0 Å². The van der Waals surface area contributed by atoms with Crippen LogP contribution in [0.2, 0.25) is 0 Å². The predicted molar refractivity (Wildman–Crippen MR) is 92.0 cm³/mol. The summed E-state index contributed by atoms with van der Waals surface area (Å²) in [6.45, 7) is 10.6. The first kappa shape index (κ1) is 16.9. The normalized spacial score (nSPS) is 18.2. The monoisotopic (exact) mass is 309 g/mol. The van der Waals surface area contributed by atoms with Gasteiger partial charge in [-0.2, -0.15) is 0 Å². The number of likely N-dealkylation sites (tertiary alicyclic amines) is 1. The van der Waals surface area contributed by atoms with Crippen molar-refractivity contribution in [3.63, 3.8) is 0 Å². The molecule has 2 heterocycles. The second-order valence-corrected chi connectivity index (χ2v) is 7.12. The van der Waals surface area contributed by atoms with Crippen LogP contribution in [-0.2, 0) is 6.42 Å². The van der Waals surface area contributed by atoms with E-state index >= 15 is 0 Å². The highest BCUT2D eigenvalue weighted by Gasteiger charge is 2.41. The summed E-state index contributed by atoms with van der Waals surface area (Å²) in [5.74, 6) is 0. The summed E-state index contributed by atoms with van der Waals surface area (Å²) >= 11 is 1.79. The molecule has 1 fully saturated rings.